The van der Waals surface area contributed by atoms with Crippen molar-refractivity contribution in [3.8, 4) is 17.4 Å². The largest absolute Gasteiger partial charge is 0.465 e. The monoisotopic (exact) mass is 577 g/mol. The molecular formula is C32H27N5O6. The van der Waals surface area contributed by atoms with Gasteiger partial charge in [-0.25, -0.2) is 4.79 Å². The number of hydrogen-bond acceptors (Lipinski definition) is 8. The second kappa shape index (κ2) is 12.0. The number of hydrogen-bond donors (Lipinski definition) is 2. The Labute approximate surface area is 245 Å². The van der Waals surface area contributed by atoms with Gasteiger partial charge in [0.15, 0.2) is 5.65 Å². The van der Waals surface area contributed by atoms with Crippen LogP contribution in [0.15, 0.2) is 83.7 Å². The summed E-state index contributed by atoms with van der Waals surface area (Å²) in [5, 5.41) is 3.49. The minimum atomic E-state index is -0.549. The first-order chi connectivity index (χ1) is 20.6. The van der Waals surface area contributed by atoms with E-state index in [9.17, 15) is 19.2 Å². The van der Waals surface area contributed by atoms with Crippen LogP contribution in [-0.4, -0.2) is 39.4 Å². The first-order valence-corrected chi connectivity index (χ1v) is 13.2. The van der Waals surface area contributed by atoms with Gasteiger partial charge in [-0.15, -0.1) is 0 Å². The first-order valence-electron chi connectivity index (χ1n) is 13.2. The van der Waals surface area contributed by atoms with Crippen LogP contribution >= 0.6 is 0 Å². The number of aromatic nitrogens is 3. The Bertz CT molecular complexity index is 1930. The van der Waals surface area contributed by atoms with Crippen LogP contribution in [0.5, 0.6) is 11.8 Å². The van der Waals surface area contributed by atoms with Crippen LogP contribution in [0.2, 0.25) is 0 Å². The van der Waals surface area contributed by atoms with Crippen LogP contribution in [-0.2, 0) is 11.3 Å². The van der Waals surface area contributed by atoms with Crippen molar-refractivity contribution in [1.82, 2.24) is 19.9 Å². The normalized spacial score (nSPS) is 10.8. The topological polar surface area (TPSA) is 156 Å². The lowest BCUT2D eigenvalue weighted by Gasteiger charge is -2.13. The van der Waals surface area contributed by atoms with Gasteiger partial charge in [0.1, 0.15) is 5.75 Å². The first kappa shape index (κ1) is 28.7. The van der Waals surface area contributed by atoms with Crippen LogP contribution in [0.1, 0.15) is 47.9 Å². The zero-order chi connectivity index (χ0) is 30.7. The molecule has 2 aromatic heterocycles. The third-order valence-electron chi connectivity index (χ3n) is 6.80. The molecular weight excluding hydrogens is 550 g/mol. The number of aryl methyl sites for hydroxylation is 2. The van der Waals surface area contributed by atoms with E-state index in [1.54, 1.807) is 86.6 Å². The van der Waals surface area contributed by atoms with E-state index in [1.165, 1.54) is 17.7 Å². The highest BCUT2D eigenvalue weighted by Gasteiger charge is 2.15. The lowest BCUT2D eigenvalue weighted by molar-refractivity contribution is 0.0600. The van der Waals surface area contributed by atoms with Gasteiger partial charge in [0.25, 0.3) is 11.5 Å². The summed E-state index contributed by atoms with van der Waals surface area (Å²) < 4.78 is 12.1. The molecule has 0 spiro atoms. The van der Waals surface area contributed by atoms with E-state index in [1.807, 2.05) is 0 Å². The Morgan fingerprint density at radius 2 is 1.53 bits per heavy atom. The predicted molar refractivity (Wildman–Crippen MR) is 159 cm³/mol. The molecule has 0 radical (unpaired) electrons. The van der Waals surface area contributed by atoms with Gasteiger partial charge in [0.05, 0.1) is 24.1 Å². The molecule has 3 aromatic carbocycles. The zero-order valence-electron chi connectivity index (χ0n) is 23.6. The molecule has 11 heteroatoms. The molecule has 0 bridgehead atoms. The number of amides is 2. The van der Waals surface area contributed by atoms with Crippen molar-refractivity contribution in [2.45, 2.75) is 20.4 Å². The van der Waals surface area contributed by atoms with Gasteiger partial charge in [-0.05, 0) is 85.6 Å². The number of pyridine rings is 1. The highest BCUT2D eigenvalue weighted by molar-refractivity contribution is 5.94. The van der Waals surface area contributed by atoms with Crippen molar-refractivity contribution >= 4 is 28.8 Å². The zero-order valence-corrected chi connectivity index (χ0v) is 23.6. The highest BCUT2D eigenvalue weighted by atomic mass is 16.5. The summed E-state index contributed by atoms with van der Waals surface area (Å²) in [5.74, 6) is -0.853. The van der Waals surface area contributed by atoms with E-state index >= 15 is 0 Å². The number of nitrogens with two attached hydrogens (primary N) is 1. The molecule has 0 aliphatic heterocycles. The van der Waals surface area contributed by atoms with Crippen LogP contribution in [0.4, 0.5) is 0 Å². The molecule has 2 heterocycles. The maximum Gasteiger partial charge on any atom is 0.337 e. The van der Waals surface area contributed by atoms with Crippen LogP contribution in [0.3, 0.4) is 0 Å². The fourth-order valence-corrected chi connectivity index (χ4v) is 4.47. The minimum absolute atomic E-state index is 0.0230. The number of carbonyl (C=O) groups excluding carboxylic acids is 3. The van der Waals surface area contributed by atoms with Crippen molar-refractivity contribution in [2.24, 2.45) is 5.73 Å². The molecule has 43 heavy (non-hydrogen) atoms. The van der Waals surface area contributed by atoms with Crippen LogP contribution in [0, 0.1) is 13.8 Å². The molecule has 11 nitrogen and oxygen atoms in total. The molecule has 216 valence electrons. The molecule has 0 aliphatic carbocycles. The molecule has 0 saturated carbocycles. The summed E-state index contributed by atoms with van der Waals surface area (Å²) in [6, 6.07) is 21.2. The number of nitrogens with one attached hydrogen (secondary N) is 1. The van der Waals surface area contributed by atoms with E-state index in [0.717, 1.165) is 5.56 Å². The third-order valence-corrected chi connectivity index (χ3v) is 6.80. The molecule has 0 aliphatic rings. The molecule has 5 rings (SSSR count). The predicted octanol–water partition coefficient (Wildman–Crippen LogP) is 4.01. The van der Waals surface area contributed by atoms with Crippen molar-refractivity contribution in [2.75, 3.05) is 7.11 Å². The number of carbonyl (C=O) groups is 3. The lowest BCUT2D eigenvalue weighted by atomic mass is 10.1. The number of primary amides is 1. The van der Waals surface area contributed by atoms with Crippen LogP contribution < -0.4 is 21.3 Å². The summed E-state index contributed by atoms with van der Waals surface area (Å²) in [7, 11) is 1.32. The van der Waals surface area contributed by atoms with Crippen molar-refractivity contribution in [1.29, 1.82) is 0 Å². The van der Waals surface area contributed by atoms with Crippen LogP contribution in [0.25, 0.3) is 16.7 Å². The Morgan fingerprint density at radius 1 is 0.860 bits per heavy atom. The Kier molecular flexibility index (Phi) is 7.97. The molecule has 3 N–H and O–H groups in total. The van der Waals surface area contributed by atoms with Crippen molar-refractivity contribution < 1.29 is 23.9 Å². The van der Waals surface area contributed by atoms with Gasteiger partial charge in [-0.2, -0.15) is 9.97 Å². The number of benzene rings is 3. The van der Waals surface area contributed by atoms with E-state index in [4.69, 9.17) is 15.2 Å². The standard InChI is InChI=1S/C32H27N5O6/c1-18-16-23(28(33)39)10-14-26(18)43-32-35-19(2)25-13-15-27(38)37(29(25)36-32)24-11-8-21(9-12-24)30(40)34-17-20-4-6-22(7-5-20)31(41)42-3/h4-16H,17H2,1-3H3,(H2,33,39)(H,34,40). The second-order valence-corrected chi connectivity index (χ2v) is 9.70. The van der Waals surface area contributed by atoms with Gasteiger partial charge in [-0.1, -0.05) is 12.1 Å². The molecule has 2 amide bonds. The third kappa shape index (κ3) is 6.10. The van der Waals surface area contributed by atoms with Gasteiger partial charge in [0, 0.05) is 29.1 Å². The van der Waals surface area contributed by atoms with Gasteiger partial charge in [0.2, 0.25) is 5.91 Å². The number of ether oxygens (including phenoxy) is 2. The van der Waals surface area contributed by atoms with Crippen molar-refractivity contribution in [3.63, 3.8) is 0 Å². The fourth-order valence-electron chi connectivity index (χ4n) is 4.47. The molecule has 0 atom stereocenters. The number of esters is 1. The van der Waals surface area contributed by atoms with Gasteiger partial charge >= 0.3 is 12.0 Å². The quantitative estimate of drug-likeness (QED) is 0.262. The summed E-state index contributed by atoms with van der Waals surface area (Å²) in [6.45, 7) is 3.81. The summed E-state index contributed by atoms with van der Waals surface area (Å²) in [6.07, 6.45) is 0. The number of fused-ring (bicyclic) bond motifs is 1. The van der Waals surface area contributed by atoms with Gasteiger partial charge in [-0.3, -0.25) is 19.0 Å². The Hall–Kier alpha value is -5.84. The van der Waals surface area contributed by atoms with E-state index in [-0.39, 0.29) is 24.0 Å². The number of nitrogens with zero attached hydrogens (tertiary/aromatic N) is 3. The number of methoxy groups -OCH3 is 1. The maximum absolute atomic E-state index is 13.0. The lowest BCUT2D eigenvalue weighted by Crippen LogP contribution is -2.23. The van der Waals surface area contributed by atoms with E-state index in [0.29, 0.717) is 50.4 Å². The van der Waals surface area contributed by atoms with Gasteiger partial charge < -0.3 is 20.5 Å². The summed E-state index contributed by atoms with van der Waals surface area (Å²) in [5.41, 5.74) is 9.09. The average Bonchev–Trinajstić information content (AvgIpc) is 3.00. The molecule has 0 fully saturated rings. The fraction of sp³-hybridized carbons (Fsp3) is 0.125. The highest BCUT2D eigenvalue weighted by Crippen LogP contribution is 2.26. The second-order valence-electron chi connectivity index (χ2n) is 9.70. The van der Waals surface area contributed by atoms with Crippen molar-refractivity contribution in [3.05, 3.63) is 123 Å². The molecule has 5 aromatic rings. The average molecular weight is 578 g/mol. The molecule has 0 unspecified atom stereocenters. The Balaban J connectivity index is 1.39. The van der Waals surface area contributed by atoms with E-state index < -0.39 is 11.9 Å². The summed E-state index contributed by atoms with van der Waals surface area (Å²) >= 11 is 0. The smallest absolute Gasteiger partial charge is 0.337 e. The summed E-state index contributed by atoms with van der Waals surface area (Å²) in [4.78, 5) is 57.9. The Morgan fingerprint density at radius 3 is 2.19 bits per heavy atom. The maximum atomic E-state index is 13.0. The SMILES string of the molecule is COC(=O)c1ccc(CNC(=O)c2ccc(-n3c(=O)ccc4c(C)nc(Oc5ccc(C(N)=O)cc5C)nc43)cc2)cc1. The van der Waals surface area contributed by atoms with E-state index in [2.05, 4.69) is 15.3 Å². The number of rotatable bonds is 8. The molecule has 0 saturated heterocycles. The minimum Gasteiger partial charge on any atom is -0.465 e.